The second kappa shape index (κ2) is 5.10. The molecule has 98 valence electrons. The van der Waals surface area contributed by atoms with Gasteiger partial charge in [0.05, 0.1) is 0 Å². The molecular weight excluding hydrogens is 230 g/mol. The summed E-state index contributed by atoms with van der Waals surface area (Å²) in [6, 6.07) is 0. The molecular formula is C13H19N3O2. The summed E-state index contributed by atoms with van der Waals surface area (Å²) < 4.78 is 5.29. The highest BCUT2D eigenvalue weighted by molar-refractivity contribution is 5.93. The normalized spacial score (nSPS) is 20.3. The van der Waals surface area contributed by atoms with E-state index in [1.165, 1.54) is 12.8 Å². The van der Waals surface area contributed by atoms with E-state index < -0.39 is 0 Å². The zero-order valence-corrected chi connectivity index (χ0v) is 10.6. The van der Waals surface area contributed by atoms with Gasteiger partial charge in [-0.15, -0.1) is 0 Å². The standard InChI is InChI=1S/C13H19N3O2/c17-13(16-7-3-1-2-4-8-16)12-10-9-14-6-5-11(10)18-15-12/h14H,1-9H2. The Balaban J connectivity index is 1.80. The number of hydrogen-bond donors (Lipinski definition) is 1. The lowest BCUT2D eigenvalue weighted by Gasteiger charge is -2.20. The average Bonchev–Trinajstić information content (AvgIpc) is 2.65. The molecule has 5 heteroatoms. The molecule has 1 amide bonds. The van der Waals surface area contributed by atoms with E-state index in [0.29, 0.717) is 12.2 Å². The Morgan fingerprint density at radius 1 is 1.22 bits per heavy atom. The van der Waals surface area contributed by atoms with Crippen LogP contribution in [0.2, 0.25) is 0 Å². The highest BCUT2D eigenvalue weighted by Gasteiger charge is 2.27. The number of amides is 1. The number of likely N-dealkylation sites (tertiary alicyclic amines) is 1. The number of carbonyl (C=O) groups excluding carboxylic acids is 1. The van der Waals surface area contributed by atoms with E-state index in [2.05, 4.69) is 10.5 Å². The molecule has 3 heterocycles. The van der Waals surface area contributed by atoms with Crippen LogP contribution < -0.4 is 5.32 Å². The highest BCUT2D eigenvalue weighted by Crippen LogP contribution is 2.20. The van der Waals surface area contributed by atoms with E-state index >= 15 is 0 Å². The Hall–Kier alpha value is -1.36. The van der Waals surface area contributed by atoms with Gasteiger partial charge in [-0.3, -0.25) is 4.79 Å². The minimum absolute atomic E-state index is 0.0469. The Labute approximate surface area is 107 Å². The molecule has 0 bridgehead atoms. The lowest BCUT2D eigenvalue weighted by atomic mass is 10.1. The van der Waals surface area contributed by atoms with Gasteiger partial charge >= 0.3 is 0 Å². The first-order valence-corrected chi connectivity index (χ1v) is 6.83. The molecule has 0 unspecified atom stereocenters. The van der Waals surface area contributed by atoms with Crippen LogP contribution in [0, 0.1) is 0 Å². The van der Waals surface area contributed by atoms with Crippen molar-refractivity contribution in [1.82, 2.24) is 15.4 Å². The van der Waals surface area contributed by atoms with Gasteiger partial charge in [0.25, 0.3) is 5.91 Å². The van der Waals surface area contributed by atoms with Crippen molar-refractivity contribution in [3.05, 3.63) is 17.0 Å². The van der Waals surface area contributed by atoms with Crippen LogP contribution in [0.25, 0.3) is 0 Å². The Bertz CT molecular complexity index is 433. The van der Waals surface area contributed by atoms with Crippen LogP contribution in [-0.2, 0) is 13.0 Å². The van der Waals surface area contributed by atoms with Crippen molar-refractivity contribution in [2.45, 2.75) is 38.6 Å². The van der Waals surface area contributed by atoms with E-state index in [9.17, 15) is 4.79 Å². The van der Waals surface area contributed by atoms with Crippen LogP contribution in [0.15, 0.2) is 4.52 Å². The van der Waals surface area contributed by atoms with Crippen molar-refractivity contribution in [2.75, 3.05) is 19.6 Å². The summed E-state index contributed by atoms with van der Waals surface area (Å²) in [6.45, 7) is 3.31. The third-order valence-corrected chi connectivity index (χ3v) is 3.80. The van der Waals surface area contributed by atoms with E-state index in [-0.39, 0.29) is 5.91 Å². The minimum atomic E-state index is 0.0469. The maximum absolute atomic E-state index is 12.5. The van der Waals surface area contributed by atoms with Crippen molar-refractivity contribution in [3.63, 3.8) is 0 Å². The zero-order chi connectivity index (χ0) is 12.4. The average molecular weight is 249 g/mol. The molecule has 0 saturated carbocycles. The summed E-state index contributed by atoms with van der Waals surface area (Å²) in [4.78, 5) is 14.4. The molecule has 18 heavy (non-hydrogen) atoms. The van der Waals surface area contributed by atoms with E-state index in [0.717, 1.165) is 50.2 Å². The van der Waals surface area contributed by atoms with Crippen LogP contribution in [-0.4, -0.2) is 35.6 Å². The summed E-state index contributed by atoms with van der Waals surface area (Å²) in [6.07, 6.45) is 5.48. The molecule has 1 fully saturated rings. The molecule has 0 atom stereocenters. The number of aromatic nitrogens is 1. The summed E-state index contributed by atoms with van der Waals surface area (Å²) >= 11 is 0. The maximum Gasteiger partial charge on any atom is 0.276 e. The number of nitrogens with zero attached hydrogens (tertiary/aromatic N) is 2. The van der Waals surface area contributed by atoms with Crippen LogP contribution in [0.4, 0.5) is 0 Å². The van der Waals surface area contributed by atoms with Gasteiger partial charge in [0.1, 0.15) is 5.76 Å². The quantitative estimate of drug-likeness (QED) is 0.816. The molecule has 0 aromatic carbocycles. The van der Waals surface area contributed by atoms with E-state index in [1.54, 1.807) is 0 Å². The van der Waals surface area contributed by atoms with Gasteiger partial charge in [-0.2, -0.15) is 0 Å². The molecule has 3 rings (SSSR count). The molecule has 1 N–H and O–H groups in total. The number of hydrogen-bond acceptors (Lipinski definition) is 4. The van der Waals surface area contributed by atoms with Crippen LogP contribution in [0.1, 0.15) is 47.5 Å². The Morgan fingerprint density at radius 2 is 2.00 bits per heavy atom. The number of rotatable bonds is 1. The summed E-state index contributed by atoms with van der Waals surface area (Å²) in [5.41, 5.74) is 1.49. The third-order valence-electron chi connectivity index (χ3n) is 3.80. The smallest absolute Gasteiger partial charge is 0.276 e. The molecule has 5 nitrogen and oxygen atoms in total. The maximum atomic E-state index is 12.5. The first-order chi connectivity index (χ1) is 8.86. The summed E-state index contributed by atoms with van der Waals surface area (Å²) in [7, 11) is 0. The predicted molar refractivity (Wildman–Crippen MR) is 66.3 cm³/mol. The molecule has 1 aromatic rings. The lowest BCUT2D eigenvalue weighted by molar-refractivity contribution is 0.0750. The van der Waals surface area contributed by atoms with Crippen LogP contribution >= 0.6 is 0 Å². The first-order valence-electron chi connectivity index (χ1n) is 6.83. The topological polar surface area (TPSA) is 58.4 Å². The van der Waals surface area contributed by atoms with Gasteiger partial charge in [-0.1, -0.05) is 18.0 Å². The third kappa shape index (κ3) is 2.14. The molecule has 1 aromatic heterocycles. The van der Waals surface area contributed by atoms with E-state index in [1.807, 2.05) is 4.90 Å². The molecule has 2 aliphatic heterocycles. The molecule has 1 saturated heterocycles. The fourth-order valence-corrected chi connectivity index (χ4v) is 2.73. The van der Waals surface area contributed by atoms with Gasteiger partial charge in [-0.25, -0.2) is 0 Å². The minimum Gasteiger partial charge on any atom is -0.360 e. The second-order valence-corrected chi connectivity index (χ2v) is 5.07. The first kappa shape index (κ1) is 11.7. The van der Waals surface area contributed by atoms with Crippen molar-refractivity contribution in [3.8, 4) is 0 Å². The van der Waals surface area contributed by atoms with Gasteiger partial charge < -0.3 is 14.7 Å². The predicted octanol–water partition coefficient (Wildman–Crippen LogP) is 1.34. The fraction of sp³-hybridized carbons (Fsp3) is 0.692. The Morgan fingerprint density at radius 3 is 2.78 bits per heavy atom. The van der Waals surface area contributed by atoms with Crippen molar-refractivity contribution < 1.29 is 9.32 Å². The monoisotopic (exact) mass is 249 g/mol. The summed E-state index contributed by atoms with van der Waals surface area (Å²) in [5.74, 6) is 0.928. The zero-order valence-electron chi connectivity index (χ0n) is 10.6. The molecule has 2 aliphatic rings. The van der Waals surface area contributed by atoms with E-state index in [4.69, 9.17) is 4.52 Å². The number of nitrogens with one attached hydrogen (secondary N) is 1. The van der Waals surface area contributed by atoms with Crippen LogP contribution in [0.5, 0.6) is 0 Å². The molecule has 0 aliphatic carbocycles. The van der Waals surface area contributed by atoms with Crippen LogP contribution in [0.3, 0.4) is 0 Å². The molecule has 0 spiro atoms. The number of fused-ring (bicyclic) bond motifs is 1. The Kier molecular flexibility index (Phi) is 3.32. The lowest BCUT2D eigenvalue weighted by Crippen LogP contribution is -2.33. The van der Waals surface area contributed by atoms with Crippen molar-refractivity contribution in [1.29, 1.82) is 0 Å². The van der Waals surface area contributed by atoms with Gasteiger partial charge in [-0.05, 0) is 12.8 Å². The van der Waals surface area contributed by atoms with Crippen molar-refractivity contribution in [2.24, 2.45) is 0 Å². The van der Waals surface area contributed by atoms with Crippen molar-refractivity contribution >= 4 is 5.91 Å². The molecule has 0 radical (unpaired) electrons. The summed E-state index contributed by atoms with van der Waals surface area (Å²) in [5, 5.41) is 7.26. The van der Waals surface area contributed by atoms with Gasteiger partial charge in [0, 0.05) is 38.2 Å². The number of carbonyl (C=O) groups is 1. The second-order valence-electron chi connectivity index (χ2n) is 5.07. The largest absolute Gasteiger partial charge is 0.360 e. The highest BCUT2D eigenvalue weighted by atomic mass is 16.5. The van der Waals surface area contributed by atoms with Gasteiger partial charge in [0.2, 0.25) is 0 Å². The van der Waals surface area contributed by atoms with Gasteiger partial charge in [0.15, 0.2) is 5.69 Å². The fourth-order valence-electron chi connectivity index (χ4n) is 2.73. The SMILES string of the molecule is O=C(c1noc2c1CNCC2)N1CCCCCC1.